The molecule has 1 aromatic heterocycles. The summed E-state index contributed by atoms with van der Waals surface area (Å²) in [4.78, 5) is 2.37. The molecule has 2 heteroatoms. The second-order valence-corrected chi connectivity index (χ2v) is 16.2. The molecule has 0 aliphatic heterocycles. The molecule has 0 radical (unpaired) electrons. The molecular formula is C49H41NO. The van der Waals surface area contributed by atoms with Gasteiger partial charge in [0.25, 0.3) is 0 Å². The van der Waals surface area contributed by atoms with E-state index in [0.717, 1.165) is 39.0 Å². The van der Waals surface area contributed by atoms with Crippen LogP contribution < -0.4 is 4.90 Å². The highest BCUT2D eigenvalue weighted by atomic mass is 16.3. The molecule has 0 saturated carbocycles. The van der Waals surface area contributed by atoms with Gasteiger partial charge in [-0.25, -0.2) is 0 Å². The summed E-state index contributed by atoms with van der Waals surface area (Å²) in [5.41, 5.74) is 15.9. The van der Waals surface area contributed by atoms with Gasteiger partial charge in [0.05, 0.1) is 0 Å². The lowest BCUT2D eigenvalue weighted by Gasteiger charge is -2.49. The Morgan fingerprint density at radius 1 is 0.412 bits per heavy atom. The zero-order valence-corrected chi connectivity index (χ0v) is 30.1. The second kappa shape index (κ2) is 10.2. The van der Waals surface area contributed by atoms with Crippen LogP contribution in [0.15, 0.2) is 144 Å². The SMILES string of the molecule is CC1(C)c2cc(N(c3ccccc3)c3ccc4c(c3)oc3ccccc34)ccc2-c2cc3c(cc21)-c1c(ccc2ccccc12)C(C)(C)C3(C)C. The van der Waals surface area contributed by atoms with E-state index in [9.17, 15) is 0 Å². The zero-order valence-electron chi connectivity index (χ0n) is 30.1. The van der Waals surface area contributed by atoms with Crippen LogP contribution in [0.2, 0.25) is 0 Å². The highest BCUT2D eigenvalue weighted by molar-refractivity contribution is 6.06. The topological polar surface area (TPSA) is 16.4 Å². The van der Waals surface area contributed by atoms with Crippen molar-refractivity contribution in [3.05, 3.63) is 162 Å². The summed E-state index contributed by atoms with van der Waals surface area (Å²) in [7, 11) is 0. The van der Waals surface area contributed by atoms with Crippen LogP contribution in [-0.4, -0.2) is 0 Å². The molecule has 1 heterocycles. The standard InChI is InChI=1S/C49H41NO/c1-47(2)41-26-32(50(31-15-8-7-9-16-31)33-22-24-37-36-18-12-13-19-44(36)51-45(37)27-33)21-23-35(41)38-28-43-39(29-42(38)47)46-34-17-11-10-14-30(34)20-25-40(46)48(3,4)49(43,5)6/h7-29H,1-6H3. The third-order valence-electron chi connectivity index (χ3n) is 12.8. The summed E-state index contributed by atoms with van der Waals surface area (Å²) in [5.74, 6) is 0. The van der Waals surface area contributed by atoms with Crippen molar-refractivity contribution in [3.63, 3.8) is 0 Å². The van der Waals surface area contributed by atoms with Crippen molar-refractivity contribution in [2.45, 2.75) is 57.8 Å². The maximum Gasteiger partial charge on any atom is 0.137 e. The van der Waals surface area contributed by atoms with Crippen LogP contribution in [-0.2, 0) is 16.2 Å². The second-order valence-electron chi connectivity index (χ2n) is 16.2. The first kappa shape index (κ1) is 30.2. The predicted octanol–water partition coefficient (Wildman–Crippen LogP) is 13.8. The van der Waals surface area contributed by atoms with Crippen LogP contribution in [0.4, 0.5) is 17.1 Å². The van der Waals surface area contributed by atoms with Crippen molar-refractivity contribution >= 4 is 49.8 Å². The lowest BCUT2D eigenvalue weighted by atomic mass is 9.54. The molecule has 0 amide bonds. The first-order valence-corrected chi connectivity index (χ1v) is 18.2. The molecule has 0 saturated heterocycles. The molecule has 2 nitrogen and oxygen atoms in total. The minimum atomic E-state index is -0.192. The molecule has 8 aromatic rings. The third kappa shape index (κ3) is 4.05. The molecule has 2 aliphatic rings. The fourth-order valence-corrected chi connectivity index (χ4v) is 9.27. The molecule has 0 atom stereocenters. The van der Waals surface area contributed by atoms with Gasteiger partial charge in [0.15, 0.2) is 0 Å². The van der Waals surface area contributed by atoms with Crippen LogP contribution >= 0.6 is 0 Å². The van der Waals surface area contributed by atoms with E-state index in [1.54, 1.807) is 0 Å². The summed E-state index contributed by atoms with van der Waals surface area (Å²) in [6.45, 7) is 14.6. The first-order chi connectivity index (χ1) is 24.6. The van der Waals surface area contributed by atoms with Crippen LogP contribution in [0.5, 0.6) is 0 Å². The number of benzene rings is 7. The van der Waals surface area contributed by atoms with Crippen LogP contribution in [0.25, 0.3) is 55.0 Å². The van der Waals surface area contributed by atoms with Crippen molar-refractivity contribution in [1.29, 1.82) is 0 Å². The van der Waals surface area contributed by atoms with Gasteiger partial charge in [-0.15, -0.1) is 0 Å². The highest BCUT2D eigenvalue weighted by Crippen LogP contribution is 2.59. The molecule has 2 aliphatic carbocycles. The van der Waals surface area contributed by atoms with E-state index in [-0.39, 0.29) is 16.2 Å². The van der Waals surface area contributed by atoms with Crippen molar-refractivity contribution in [2.75, 3.05) is 4.90 Å². The minimum absolute atomic E-state index is 0.0501. The van der Waals surface area contributed by atoms with Crippen LogP contribution in [0, 0.1) is 0 Å². The lowest BCUT2D eigenvalue weighted by molar-refractivity contribution is 0.299. The van der Waals surface area contributed by atoms with Gasteiger partial charge in [-0.2, -0.15) is 0 Å². The van der Waals surface area contributed by atoms with Gasteiger partial charge >= 0.3 is 0 Å². The van der Waals surface area contributed by atoms with Crippen LogP contribution in [0.3, 0.4) is 0 Å². The van der Waals surface area contributed by atoms with Crippen LogP contribution in [0.1, 0.15) is 63.8 Å². The molecule has 0 unspecified atom stereocenters. The lowest BCUT2D eigenvalue weighted by Crippen LogP contribution is -2.43. The fraction of sp³-hybridized carbons (Fsp3) is 0.184. The Labute approximate surface area is 300 Å². The number of rotatable bonds is 3. The highest BCUT2D eigenvalue weighted by Gasteiger charge is 2.48. The number of hydrogen-bond acceptors (Lipinski definition) is 2. The quantitative estimate of drug-likeness (QED) is 0.188. The van der Waals surface area contributed by atoms with E-state index in [4.69, 9.17) is 4.42 Å². The molecular weight excluding hydrogens is 619 g/mol. The Kier molecular flexibility index (Phi) is 6.07. The van der Waals surface area contributed by atoms with E-state index < -0.39 is 0 Å². The number of hydrogen-bond donors (Lipinski definition) is 0. The fourth-order valence-electron chi connectivity index (χ4n) is 9.27. The monoisotopic (exact) mass is 659 g/mol. The Balaban J connectivity index is 1.17. The molecule has 0 spiro atoms. The predicted molar refractivity (Wildman–Crippen MR) is 215 cm³/mol. The van der Waals surface area contributed by atoms with Gasteiger partial charge in [0, 0.05) is 39.3 Å². The van der Waals surface area contributed by atoms with Crippen molar-refractivity contribution in [3.8, 4) is 22.3 Å². The van der Waals surface area contributed by atoms with E-state index in [0.29, 0.717) is 0 Å². The molecule has 0 bridgehead atoms. The summed E-state index contributed by atoms with van der Waals surface area (Å²) in [6, 6.07) is 51.4. The molecule has 7 aromatic carbocycles. The maximum atomic E-state index is 6.37. The molecule has 0 N–H and O–H groups in total. The zero-order chi connectivity index (χ0) is 34.9. The minimum Gasteiger partial charge on any atom is -0.456 e. The number of para-hydroxylation sites is 2. The molecule has 51 heavy (non-hydrogen) atoms. The van der Waals surface area contributed by atoms with Gasteiger partial charge in [-0.05, 0) is 121 Å². The van der Waals surface area contributed by atoms with Crippen molar-refractivity contribution < 1.29 is 4.42 Å². The summed E-state index contributed by atoms with van der Waals surface area (Å²) in [5, 5.41) is 4.92. The number of nitrogens with zero attached hydrogens (tertiary/aromatic N) is 1. The van der Waals surface area contributed by atoms with Gasteiger partial charge in [-0.3, -0.25) is 0 Å². The largest absolute Gasteiger partial charge is 0.456 e. The maximum absolute atomic E-state index is 6.37. The average Bonchev–Trinajstić information content (AvgIpc) is 3.61. The number of anilines is 3. The smallest absolute Gasteiger partial charge is 0.137 e. The van der Waals surface area contributed by atoms with Gasteiger partial charge in [0.1, 0.15) is 11.2 Å². The van der Waals surface area contributed by atoms with Gasteiger partial charge in [-0.1, -0.05) is 120 Å². The summed E-state index contributed by atoms with van der Waals surface area (Å²) in [6.07, 6.45) is 0. The first-order valence-electron chi connectivity index (χ1n) is 18.2. The summed E-state index contributed by atoms with van der Waals surface area (Å²) < 4.78 is 6.37. The summed E-state index contributed by atoms with van der Waals surface area (Å²) >= 11 is 0. The molecule has 10 rings (SSSR count). The van der Waals surface area contributed by atoms with Gasteiger partial charge < -0.3 is 9.32 Å². The van der Waals surface area contributed by atoms with E-state index in [2.05, 4.69) is 174 Å². The van der Waals surface area contributed by atoms with Crippen molar-refractivity contribution in [1.82, 2.24) is 0 Å². The molecule has 0 fully saturated rings. The van der Waals surface area contributed by atoms with E-state index in [1.807, 2.05) is 12.1 Å². The van der Waals surface area contributed by atoms with E-state index >= 15 is 0 Å². The Bertz CT molecular complexity index is 2720. The number of fused-ring (bicyclic) bond motifs is 11. The number of furan rings is 1. The Morgan fingerprint density at radius 3 is 1.86 bits per heavy atom. The molecule has 248 valence electrons. The Morgan fingerprint density at radius 2 is 1.04 bits per heavy atom. The Hall–Kier alpha value is -5.60. The van der Waals surface area contributed by atoms with E-state index in [1.165, 1.54) is 55.3 Å². The average molecular weight is 660 g/mol. The third-order valence-corrected chi connectivity index (χ3v) is 12.8. The van der Waals surface area contributed by atoms with Gasteiger partial charge in [0.2, 0.25) is 0 Å². The van der Waals surface area contributed by atoms with Crippen molar-refractivity contribution in [2.24, 2.45) is 0 Å². The normalized spacial score (nSPS) is 16.1.